The number of halogens is 1. The lowest BCUT2D eigenvalue weighted by Crippen LogP contribution is -2.33. The molecule has 1 saturated heterocycles. The van der Waals surface area contributed by atoms with Gasteiger partial charge < -0.3 is 10.0 Å². The smallest absolute Gasteiger partial charge is 0.234 e. The number of carbonyl (C=O) groups is 1. The van der Waals surface area contributed by atoms with Crippen molar-refractivity contribution in [3.05, 3.63) is 28.8 Å². The number of hydrogen-bond acceptors (Lipinski definition) is 3. The lowest BCUT2D eigenvalue weighted by molar-refractivity contribution is -0.128. The molecule has 1 fully saturated rings. The second-order valence-corrected chi connectivity index (χ2v) is 10.9. The maximum atomic E-state index is 12.3. The molecule has 0 aromatic heterocycles. The average Bonchev–Trinajstić information content (AvgIpc) is 2.78. The zero-order valence-electron chi connectivity index (χ0n) is 15.6. The Morgan fingerprint density at radius 3 is 2.00 bits per heavy atom. The molecular weight excluding hydrogens is 386 g/mol. The molecule has 0 bridgehead atoms. The van der Waals surface area contributed by atoms with E-state index in [4.69, 9.17) is 0 Å². The number of carbonyl (C=O) groups excluding carboxylic acids is 1. The van der Waals surface area contributed by atoms with E-state index < -0.39 is 0 Å². The van der Waals surface area contributed by atoms with Crippen molar-refractivity contribution in [2.45, 2.75) is 69.6 Å². The number of thioether (sulfide) groups is 1. The highest BCUT2D eigenvalue weighted by Crippen LogP contribution is 2.46. The fraction of sp³-hybridized carbons (Fsp3) is 0.632. The summed E-state index contributed by atoms with van der Waals surface area (Å²) in [5.74, 6) is 1.03. The molecule has 2 rings (SSSR count). The molecule has 3 nitrogen and oxygen atoms in total. The average molecular weight is 414 g/mol. The standard InChI is InChI=1S/C19H28BrNO2S/c1-11(20)21-15(22)10-24-17(21)12-8-13(18(2,3)4)16(23)14(9-12)19(5,6)7/h8-9,11,17,23H,10H2,1-7H3. The Morgan fingerprint density at radius 1 is 1.17 bits per heavy atom. The molecule has 0 radical (unpaired) electrons. The summed E-state index contributed by atoms with van der Waals surface area (Å²) in [6, 6.07) is 4.15. The van der Waals surface area contributed by atoms with Crippen LogP contribution in [0, 0.1) is 0 Å². The van der Waals surface area contributed by atoms with Crippen LogP contribution >= 0.6 is 27.7 Å². The van der Waals surface area contributed by atoms with E-state index in [1.165, 1.54) is 0 Å². The van der Waals surface area contributed by atoms with Gasteiger partial charge in [0.25, 0.3) is 0 Å². The molecule has 2 atom stereocenters. The first-order valence-electron chi connectivity index (χ1n) is 8.28. The molecule has 5 heteroatoms. The van der Waals surface area contributed by atoms with Crippen LogP contribution in [0.4, 0.5) is 0 Å². The van der Waals surface area contributed by atoms with Gasteiger partial charge in [-0.25, -0.2) is 0 Å². The van der Waals surface area contributed by atoms with Crippen molar-refractivity contribution in [3.8, 4) is 5.75 Å². The van der Waals surface area contributed by atoms with Crippen molar-refractivity contribution in [2.24, 2.45) is 0 Å². The van der Waals surface area contributed by atoms with Crippen LogP contribution < -0.4 is 0 Å². The number of benzene rings is 1. The first kappa shape index (κ1) is 19.6. The van der Waals surface area contributed by atoms with Gasteiger partial charge in [-0.2, -0.15) is 0 Å². The van der Waals surface area contributed by atoms with E-state index in [9.17, 15) is 9.90 Å². The van der Waals surface area contributed by atoms with Crippen LogP contribution in [0.3, 0.4) is 0 Å². The molecular formula is C19H28BrNO2S. The van der Waals surface area contributed by atoms with Gasteiger partial charge in [-0.1, -0.05) is 57.5 Å². The topological polar surface area (TPSA) is 40.5 Å². The Kier molecular flexibility index (Phi) is 5.37. The van der Waals surface area contributed by atoms with E-state index in [0.717, 1.165) is 16.7 Å². The number of alkyl halides is 1. The van der Waals surface area contributed by atoms with Crippen LogP contribution in [0.5, 0.6) is 5.75 Å². The summed E-state index contributed by atoms with van der Waals surface area (Å²) < 4.78 is 0. The molecule has 0 aliphatic carbocycles. The minimum atomic E-state index is -0.168. The first-order valence-corrected chi connectivity index (χ1v) is 10.2. The van der Waals surface area contributed by atoms with E-state index in [-0.39, 0.29) is 27.1 Å². The van der Waals surface area contributed by atoms with E-state index in [2.05, 4.69) is 69.6 Å². The summed E-state index contributed by atoms with van der Waals surface area (Å²) >= 11 is 5.20. The van der Waals surface area contributed by atoms with Crippen LogP contribution in [0.25, 0.3) is 0 Å². The predicted molar refractivity (Wildman–Crippen MR) is 106 cm³/mol. The van der Waals surface area contributed by atoms with Gasteiger partial charge in [0.05, 0.1) is 10.7 Å². The van der Waals surface area contributed by atoms with E-state index >= 15 is 0 Å². The van der Waals surface area contributed by atoms with Crippen LogP contribution in [0.2, 0.25) is 0 Å². The molecule has 1 N–H and O–H groups in total. The third-order valence-electron chi connectivity index (χ3n) is 4.32. The molecule has 0 spiro atoms. The number of nitrogens with zero attached hydrogens (tertiary/aromatic N) is 1. The van der Waals surface area contributed by atoms with Crippen molar-refractivity contribution in [2.75, 3.05) is 5.75 Å². The van der Waals surface area contributed by atoms with Crippen LogP contribution in [-0.2, 0) is 15.6 Å². The number of rotatable bonds is 2. The minimum Gasteiger partial charge on any atom is -0.507 e. The summed E-state index contributed by atoms with van der Waals surface area (Å²) in [7, 11) is 0. The zero-order valence-corrected chi connectivity index (χ0v) is 18.0. The van der Waals surface area contributed by atoms with Crippen molar-refractivity contribution in [3.63, 3.8) is 0 Å². The fourth-order valence-corrected chi connectivity index (χ4v) is 4.88. The van der Waals surface area contributed by atoms with Crippen LogP contribution in [-0.4, -0.2) is 26.6 Å². The maximum Gasteiger partial charge on any atom is 0.234 e. The first-order chi connectivity index (χ1) is 10.8. The lowest BCUT2D eigenvalue weighted by atomic mass is 9.78. The summed E-state index contributed by atoms with van der Waals surface area (Å²) in [5, 5.41) is 10.8. The minimum absolute atomic E-state index is 0.0185. The second kappa shape index (κ2) is 6.56. The molecule has 0 saturated carbocycles. The van der Waals surface area contributed by atoms with Gasteiger partial charge in [0, 0.05) is 0 Å². The van der Waals surface area contributed by atoms with Gasteiger partial charge in [0.2, 0.25) is 5.91 Å². The molecule has 24 heavy (non-hydrogen) atoms. The summed E-state index contributed by atoms with van der Waals surface area (Å²) in [6.45, 7) is 14.6. The largest absolute Gasteiger partial charge is 0.507 e. The number of amides is 1. The van der Waals surface area contributed by atoms with Gasteiger partial charge in [-0.3, -0.25) is 4.79 Å². The number of phenolic OH excluding ortho intramolecular Hbond substituents is 1. The van der Waals surface area contributed by atoms with Gasteiger partial charge in [-0.15, -0.1) is 11.8 Å². The third-order valence-corrected chi connectivity index (χ3v) is 5.99. The van der Waals surface area contributed by atoms with Gasteiger partial charge >= 0.3 is 0 Å². The Balaban J connectivity index is 2.65. The molecule has 1 aliphatic heterocycles. The number of hydrogen-bond donors (Lipinski definition) is 1. The summed E-state index contributed by atoms with van der Waals surface area (Å²) in [4.78, 5) is 14.1. The lowest BCUT2D eigenvalue weighted by Gasteiger charge is -2.32. The SMILES string of the molecule is CC(Br)N1C(=O)CSC1c1cc(C(C)(C)C)c(O)c(C(C)(C)C)c1. The van der Waals surface area contributed by atoms with Crippen molar-refractivity contribution >= 4 is 33.6 Å². The van der Waals surface area contributed by atoms with Crippen molar-refractivity contribution < 1.29 is 9.90 Å². The summed E-state index contributed by atoms with van der Waals surface area (Å²) in [5.41, 5.74) is 2.63. The Morgan fingerprint density at radius 2 is 1.62 bits per heavy atom. The Labute approximate surface area is 158 Å². The highest BCUT2D eigenvalue weighted by Gasteiger charge is 2.37. The molecule has 2 unspecified atom stereocenters. The molecule has 1 aromatic rings. The van der Waals surface area contributed by atoms with E-state index in [0.29, 0.717) is 11.5 Å². The highest BCUT2D eigenvalue weighted by molar-refractivity contribution is 9.09. The van der Waals surface area contributed by atoms with Crippen LogP contribution in [0.15, 0.2) is 12.1 Å². The second-order valence-electron chi connectivity index (χ2n) is 8.50. The van der Waals surface area contributed by atoms with Gasteiger partial charge in [0.15, 0.2) is 0 Å². The van der Waals surface area contributed by atoms with E-state index in [1.807, 2.05) is 11.8 Å². The molecule has 1 aromatic carbocycles. The molecule has 1 aliphatic rings. The predicted octanol–water partition coefficient (Wildman–Crippen LogP) is 5.30. The number of phenols is 1. The highest BCUT2D eigenvalue weighted by atomic mass is 79.9. The third kappa shape index (κ3) is 3.77. The van der Waals surface area contributed by atoms with Crippen molar-refractivity contribution in [1.82, 2.24) is 4.90 Å². The number of aromatic hydroxyl groups is 1. The Hall–Kier alpha value is -0.680. The van der Waals surface area contributed by atoms with Gasteiger partial charge in [0.1, 0.15) is 11.1 Å². The van der Waals surface area contributed by atoms with Gasteiger partial charge in [-0.05, 0) is 46.6 Å². The zero-order chi connectivity index (χ0) is 18.4. The molecule has 1 heterocycles. The molecule has 1 amide bonds. The monoisotopic (exact) mass is 413 g/mol. The maximum absolute atomic E-state index is 12.3. The van der Waals surface area contributed by atoms with Crippen LogP contribution in [0.1, 0.15) is 70.5 Å². The fourth-order valence-electron chi connectivity index (χ4n) is 3.02. The molecule has 134 valence electrons. The Bertz CT molecular complexity index is 609. The quantitative estimate of drug-likeness (QED) is 0.527. The summed E-state index contributed by atoms with van der Waals surface area (Å²) in [6.07, 6.45) is 0. The normalized spacial score (nSPS) is 20.6. The van der Waals surface area contributed by atoms with E-state index in [1.54, 1.807) is 11.8 Å². The van der Waals surface area contributed by atoms with Crippen molar-refractivity contribution in [1.29, 1.82) is 0 Å².